The second-order valence-corrected chi connectivity index (χ2v) is 3.63. The average molecular weight is 192 g/mol. The zero-order chi connectivity index (χ0) is 9.80. The van der Waals surface area contributed by atoms with Gasteiger partial charge < -0.3 is 10.1 Å². The lowest BCUT2D eigenvalue weighted by molar-refractivity contribution is 0.202. The molecule has 0 aliphatic heterocycles. The van der Waals surface area contributed by atoms with E-state index < -0.39 is 0 Å². The Balaban J connectivity index is 2.07. The summed E-state index contributed by atoms with van der Waals surface area (Å²) in [6.07, 6.45) is 7.04. The van der Waals surface area contributed by atoms with Crippen molar-refractivity contribution in [3.8, 4) is 5.88 Å². The van der Waals surface area contributed by atoms with E-state index in [1.54, 1.807) is 6.20 Å². The molecule has 0 amide bonds. The van der Waals surface area contributed by atoms with Crippen molar-refractivity contribution in [2.75, 3.05) is 12.4 Å². The van der Waals surface area contributed by atoms with Gasteiger partial charge in [-0.3, -0.25) is 0 Å². The van der Waals surface area contributed by atoms with Crippen LogP contribution in [0.4, 0.5) is 5.69 Å². The van der Waals surface area contributed by atoms with Gasteiger partial charge >= 0.3 is 0 Å². The van der Waals surface area contributed by atoms with Gasteiger partial charge in [0.05, 0.1) is 5.69 Å². The van der Waals surface area contributed by atoms with Gasteiger partial charge in [0, 0.05) is 13.2 Å². The van der Waals surface area contributed by atoms with E-state index in [9.17, 15) is 0 Å². The van der Waals surface area contributed by atoms with Crippen molar-refractivity contribution in [1.82, 2.24) is 4.98 Å². The molecule has 0 aromatic carbocycles. The number of anilines is 1. The van der Waals surface area contributed by atoms with E-state index in [4.69, 9.17) is 4.74 Å². The summed E-state index contributed by atoms with van der Waals surface area (Å²) in [5.74, 6) is 0.738. The van der Waals surface area contributed by atoms with Gasteiger partial charge in [0.2, 0.25) is 5.88 Å². The van der Waals surface area contributed by atoms with Gasteiger partial charge in [-0.1, -0.05) is 0 Å². The van der Waals surface area contributed by atoms with Gasteiger partial charge in [-0.25, -0.2) is 4.98 Å². The molecule has 1 fully saturated rings. The highest BCUT2D eigenvalue weighted by Crippen LogP contribution is 2.27. The summed E-state index contributed by atoms with van der Waals surface area (Å²) < 4.78 is 5.82. The van der Waals surface area contributed by atoms with Crippen LogP contribution in [0, 0.1) is 0 Å². The lowest BCUT2D eigenvalue weighted by Crippen LogP contribution is -2.12. The van der Waals surface area contributed by atoms with Crippen LogP contribution in [0.15, 0.2) is 18.3 Å². The summed E-state index contributed by atoms with van der Waals surface area (Å²) in [7, 11) is 1.89. The third kappa shape index (κ3) is 1.97. The number of aromatic nitrogens is 1. The molecule has 0 saturated heterocycles. The van der Waals surface area contributed by atoms with Crippen LogP contribution < -0.4 is 10.1 Å². The van der Waals surface area contributed by atoms with E-state index in [-0.39, 0.29) is 0 Å². The Morgan fingerprint density at radius 3 is 2.93 bits per heavy atom. The van der Waals surface area contributed by atoms with Crippen LogP contribution in [0.25, 0.3) is 0 Å². The van der Waals surface area contributed by atoms with Gasteiger partial charge in [0.15, 0.2) is 0 Å². The van der Waals surface area contributed by atoms with E-state index in [1.165, 1.54) is 25.7 Å². The number of hydrogen-bond donors (Lipinski definition) is 1. The second kappa shape index (κ2) is 4.31. The van der Waals surface area contributed by atoms with E-state index in [0.717, 1.165) is 11.6 Å². The first kappa shape index (κ1) is 9.31. The minimum Gasteiger partial charge on any atom is -0.473 e. The van der Waals surface area contributed by atoms with Crippen molar-refractivity contribution in [3.05, 3.63) is 18.3 Å². The smallest absolute Gasteiger partial charge is 0.237 e. The minimum atomic E-state index is 0.372. The van der Waals surface area contributed by atoms with Crippen molar-refractivity contribution < 1.29 is 4.74 Å². The molecule has 0 atom stereocenters. The quantitative estimate of drug-likeness (QED) is 0.798. The van der Waals surface area contributed by atoms with E-state index >= 15 is 0 Å². The van der Waals surface area contributed by atoms with Gasteiger partial charge in [0.25, 0.3) is 0 Å². The van der Waals surface area contributed by atoms with Crippen LogP contribution >= 0.6 is 0 Å². The van der Waals surface area contributed by atoms with Gasteiger partial charge in [0.1, 0.15) is 6.10 Å². The van der Waals surface area contributed by atoms with Crippen LogP contribution in [0.1, 0.15) is 25.7 Å². The van der Waals surface area contributed by atoms with Crippen LogP contribution in [0.2, 0.25) is 0 Å². The maximum Gasteiger partial charge on any atom is 0.237 e. The highest BCUT2D eigenvalue weighted by molar-refractivity contribution is 5.51. The molecular weight excluding hydrogens is 176 g/mol. The number of ether oxygens (including phenoxy) is 1. The Kier molecular flexibility index (Phi) is 2.87. The number of nitrogens with zero attached hydrogens (tertiary/aromatic N) is 1. The topological polar surface area (TPSA) is 34.2 Å². The summed E-state index contributed by atoms with van der Waals surface area (Å²) in [4.78, 5) is 4.23. The molecule has 1 N–H and O–H groups in total. The first-order chi connectivity index (χ1) is 6.90. The number of pyridine rings is 1. The maximum absolute atomic E-state index is 5.82. The fraction of sp³-hybridized carbons (Fsp3) is 0.545. The van der Waals surface area contributed by atoms with Crippen molar-refractivity contribution in [2.24, 2.45) is 0 Å². The molecule has 0 unspecified atom stereocenters. The van der Waals surface area contributed by atoms with Gasteiger partial charge in [-0.2, -0.15) is 0 Å². The monoisotopic (exact) mass is 192 g/mol. The fourth-order valence-corrected chi connectivity index (χ4v) is 1.84. The molecule has 1 aliphatic rings. The van der Waals surface area contributed by atoms with Gasteiger partial charge in [-0.05, 0) is 37.8 Å². The summed E-state index contributed by atoms with van der Waals surface area (Å²) in [5.41, 5.74) is 0.972. The highest BCUT2D eigenvalue weighted by atomic mass is 16.5. The molecule has 0 spiro atoms. The number of rotatable bonds is 3. The molecule has 0 bridgehead atoms. The molecular formula is C11H16N2O. The zero-order valence-electron chi connectivity index (χ0n) is 8.49. The molecule has 2 rings (SSSR count). The summed E-state index contributed by atoms with van der Waals surface area (Å²) >= 11 is 0. The Morgan fingerprint density at radius 1 is 1.43 bits per heavy atom. The normalized spacial score (nSPS) is 16.9. The Labute approximate surface area is 84.5 Å². The molecule has 1 saturated carbocycles. The summed E-state index contributed by atoms with van der Waals surface area (Å²) in [6.45, 7) is 0. The lowest BCUT2D eigenvalue weighted by atomic mass is 10.3. The molecule has 76 valence electrons. The first-order valence-corrected chi connectivity index (χ1v) is 5.19. The number of nitrogens with one attached hydrogen (secondary N) is 1. The standard InChI is InChI=1S/C11H16N2O/c1-12-10-7-4-8-13-11(10)14-9-5-2-3-6-9/h4,7-9,12H,2-3,5-6H2,1H3. The predicted molar refractivity (Wildman–Crippen MR) is 56.7 cm³/mol. The third-order valence-electron chi connectivity index (χ3n) is 2.62. The highest BCUT2D eigenvalue weighted by Gasteiger charge is 2.18. The summed E-state index contributed by atoms with van der Waals surface area (Å²) in [5, 5.41) is 3.08. The van der Waals surface area contributed by atoms with E-state index in [0.29, 0.717) is 6.10 Å². The van der Waals surface area contributed by atoms with Crippen molar-refractivity contribution in [2.45, 2.75) is 31.8 Å². The minimum absolute atomic E-state index is 0.372. The fourth-order valence-electron chi connectivity index (χ4n) is 1.84. The SMILES string of the molecule is CNc1cccnc1OC1CCCC1. The second-order valence-electron chi connectivity index (χ2n) is 3.63. The molecule has 0 radical (unpaired) electrons. The summed E-state index contributed by atoms with van der Waals surface area (Å²) in [6, 6.07) is 3.89. The van der Waals surface area contributed by atoms with Crippen LogP contribution in [0.5, 0.6) is 5.88 Å². The van der Waals surface area contributed by atoms with Gasteiger partial charge in [-0.15, -0.1) is 0 Å². The largest absolute Gasteiger partial charge is 0.473 e. The third-order valence-corrected chi connectivity index (χ3v) is 2.62. The van der Waals surface area contributed by atoms with E-state index in [1.807, 2.05) is 19.2 Å². The maximum atomic E-state index is 5.82. The Bertz CT molecular complexity index is 295. The van der Waals surface area contributed by atoms with Crippen LogP contribution in [-0.4, -0.2) is 18.1 Å². The van der Waals surface area contributed by atoms with Crippen molar-refractivity contribution >= 4 is 5.69 Å². The Hall–Kier alpha value is -1.25. The lowest BCUT2D eigenvalue weighted by Gasteiger charge is -2.14. The molecule has 1 aromatic rings. The van der Waals surface area contributed by atoms with Crippen LogP contribution in [0.3, 0.4) is 0 Å². The molecule has 1 aliphatic carbocycles. The van der Waals surface area contributed by atoms with E-state index in [2.05, 4.69) is 10.3 Å². The van der Waals surface area contributed by atoms with Crippen molar-refractivity contribution in [3.63, 3.8) is 0 Å². The number of hydrogen-bond acceptors (Lipinski definition) is 3. The predicted octanol–water partition coefficient (Wildman–Crippen LogP) is 2.44. The molecule has 1 heterocycles. The zero-order valence-corrected chi connectivity index (χ0v) is 8.49. The van der Waals surface area contributed by atoms with Crippen molar-refractivity contribution in [1.29, 1.82) is 0 Å². The van der Waals surface area contributed by atoms with Crippen LogP contribution in [-0.2, 0) is 0 Å². The Morgan fingerprint density at radius 2 is 2.21 bits per heavy atom. The molecule has 14 heavy (non-hydrogen) atoms. The molecule has 1 aromatic heterocycles. The first-order valence-electron chi connectivity index (χ1n) is 5.19. The molecule has 3 nitrogen and oxygen atoms in total. The average Bonchev–Trinajstić information content (AvgIpc) is 2.71. The molecule has 3 heteroatoms.